The smallest absolute Gasteiger partial charge is 0.276 e. The first-order valence-electron chi connectivity index (χ1n) is 7.96. The lowest BCUT2D eigenvalue weighted by atomic mass is 9.63. The summed E-state index contributed by atoms with van der Waals surface area (Å²) >= 11 is 0. The van der Waals surface area contributed by atoms with Gasteiger partial charge in [0.25, 0.3) is 5.91 Å². The predicted octanol–water partition coefficient (Wildman–Crippen LogP) is 1.13. The van der Waals surface area contributed by atoms with Crippen LogP contribution in [0.2, 0.25) is 0 Å². The van der Waals surface area contributed by atoms with E-state index in [1.165, 1.54) is 19.3 Å². The molecule has 0 aromatic carbocycles. The number of carbonyl (C=O) groups excluding carboxylic acids is 1. The van der Waals surface area contributed by atoms with Gasteiger partial charge in [-0.2, -0.15) is 0 Å². The molecular formula is C16H21N3O3. The number of hydrogen-bond donors (Lipinski definition) is 2. The number of hydrogen-bond acceptors (Lipinski definition) is 5. The molecule has 2 fully saturated rings. The summed E-state index contributed by atoms with van der Waals surface area (Å²) in [5, 5.41) is 8.72. The molecule has 1 aromatic rings. The monoisotopic (exact) mass is 303 g/mol. The lowest BCUT2D eigenvalue weighted by Gasteiger charge is -2.52. The molecule has 2 atom stereocenters. The van der Waals surface area contributed by atoms with Gasteiger partial charge < -0.3 is 4.74 Å². The fraction of sp³-hybridized carbons (Fsp3) is 0.625. The minimum atomic E-state index is -0.501. The van der Waals surface area contributed by atoms with Gasteiger partial charge in [-0.15, -0.1) is 0 Å². The third-order valence-corrected chi connectivity index (χ3v) is 5.64. The summed E-state index contributed by atoms with van der Waals surface area (Å²) < 4.78 is 5.64. The van der Waals surface area contributed by atoms with Crippen LogP contribution < -0.4 is 5.48 Å². The average molecular weight is 303 g/mol. The van der Waals surface area contributed by atoms with Gasteiger partial charge in [-0.25, -0.2) is 5.48 Å². The van der Waals surface area contributed by atoms with Crippen LogP contribution >= 0.6 is 0 Å². The summed E-state index contributed by atoms with van der Waals surface area (Å²) in [7, 11) is 0. The third kappa shape index (κ3) is 2.14. The largest absolute Gasteiger partial charge is 0.381 e. The average Bonchev–Trinajstić information content (AvgIpc) is 3.05. The molecule has 1 spiro atoms. The number of hydroxylamine groups is 1. The van der Waals surface area contributed by atoms with Crippen LogP contribution in [-0.2, 0) is 17.7 Å². The highest BCUT2D eigenvalue weighted by Gasteiger charge is 2.51. The number of ether oxygens (including phenoxy) is 1. The molecule has 22 heavy (non-hydrogen) atoms. The van der Waals surface area contributed by atoms with E-state index in [9.17, 15) is 4.79 Å². The SMILES string of the molecule is O=C(NO)c1cnc2c(c1)CCN([C@H]1CC[C@@]13CCOC3)C2. The van der Waals surface area contributed by atoms with Gasteiger partial charge in [0.2, 0.25) is 0 Å². The Morgan fingerprint density at radius 1 is 1.50 bits per heavy atom. The molecule has 0 unspecified atom stereocenters. The Kier molecular flexibility index (Phi) is 3.40. The second-order valence-electron chi connectivity index (χ2n) is 6.71. The van der Waals surface area contributed by atoms with Crippen molar-refractivity contribution < 1.29 is 14.7 Å². The minimum absolute atomic E-state index is 0.383. The lowest BCUT2D eigenvalue weighted by Crippen LogP contribution is -2.56. The van der Waals surface area contributed by atoms with Crippen LogP contribution in [0.4, 0.5) is 0 Å². The summed E-state index contributed by atoms with van der Waals surface area (Å²) in [6.07, 6.45) is 6.17. The van der Waals surface area contributed by atoms with E-state index in [1.807, 2.05) is 6.07 Å². The molecule has 1 amide bonds. The summed E-state index contributed by atoms with van der Waals surface area (Å²) in [6, 6.07) is 2.46. The number of aromatic nitrogens is 1. The molecular weight excluding hydrogens is 282 g/mol. The summed E-state index contributed by atoms with van der Waals surface area (Å²) in [5.74, 6) is -0.501. The molecule has 2 N–H and O–H groups in total. The Morgan fingerprint density at radius 2 is 2.41 bits per heavy atom. The molecule has 1 aromatic heterocycles. The summed E-state index contributed by atoms with van der Waals surface area (Å²) in [4.78, 5) is 18.5. The molecule has 6 heteroatoms. The number of rotatable bonds is 2. The Labute approximate surface area is 129 Å². The van der Waals surface area contributed by atoms with Crippen molar-refractivity contribution in [3.8, 4) is 0 Å². The number of amides is 1. The van der Waals surface area contributed by atoms with Gasteiger partial charge >= 0.3 is 0 Å². The van der Waals surface area contributed by atoms with Crippen molar-refractivity contribution in [1.29, 1.82) is 0 Å². The van der Waals surface area contributed by atoms with Crippen molar-refractivity contribution in [2.45, 2.75) is 38.3 Å². The molecule has 6 nitrogen and oxygen atoms in total. The van der Waals surface area contributed by atoms with Crippen LogP contribution in [0.3, 0.4) is 0 Å². The van der Waals surface area contributed by atoms with E-state index in [-0.39, 0.29) is 0 Å². The van der Waals surface area contributed by atoms with Crippen molar-refractivity contribution in [3.63, 3.8) is 0 Å². The van der Waals surface area contributed by atoms with Crippen LogP contribution in [0.25, 0.3) is 0 Å². The van der Waals surface area contributed by atoms with Gasteiger partial charge in [0.05, 0.1) is 17.9 Å². The number of nitrogens with one attached hydrogen (secondary N) is 1. The molecule has 4 rings (SSSR count). The first-order valence-corrected chi connectivity index (χ1v) is 7.96. The first-order chi connectivity index (χ1) is 10.7. The predicted molar refractivity (Wildman–Crippen MR) is 78.5 cm³/mol. The number of carbonyl (C=O) groups is 1. The summed E-state index contributed by atoms with van der Waals surface area (Å²) in [5.41, 5.74) is 4.64. The van der Waals surface area contributed by atoms with E-state index in [2.05, 4.69) is 9.88 Å². The fourth-order valence-corrected chi connectivity index (χ4v) is 4.22. The molecule has 0 bridgehead atoms. The van der Waals surface area contributed by atoms with Gasteiger partial charge in [0, 0.05) is 37.4 Å². The molecule has 1 saturated heterocycles. The van der Waals surface area contributed by atoms with Gasteiger partial charge in [0.15, 0.2) is 0 Å². The molecule has 118 valence electrons. The highest BCUT2D eigenvalue weighted by molar-refractivity contribution is 5.93. The van der Waals surface area contributed by atoms with E-state index in [0.717, 1.165) is 44.0 Å². The van der Waals surface area contributed by atoms with Gasteiger partial charge in [-0.05, 0) is 37.3 Å². The van der Waals surface area contributed by atoms with Crippen LogP contribution in [-0.4, -0.2) is 46.8 Å². The quantitative estimate of drug-likeness (QED) is 0.633. The van der Waals surface area contributed by atoms with E-state index in [4.69, 9.17) is 9.94 Å². The highest BCUT2D eigenvalue weighted by Crippen LogP contribution is 2.50. The normalized spacial score (nSPS) is 30.9. The maximum absolute atomic E-state index is 11.5. The Morgan fingerprint density at radius 3 is 3.09 bits per heavy atom. The van der Waals surface area contributed by atoms with Crippen LogP contribution in [0.1, 0.15) is 40.9 Å². The van der Waals surface area contributed by atoms with Crippen LogP contribution in [0.5, 0.6) is 0 Å². The van der Waals surface area contributed by atoms with E-state index >= 15 is 0 Å². The molecule has 0 radical (unpaired) electrons. The number of pyridine rings is 1. The molecule has 2 aliphatic heterocycles. The van der Waals surface area contributed by atoms with Crippen molar-refractivity contribution in [2.24, 2.45) is 5.41 Å². The zero-order chi connectivity index (χ0) is 15.2. The highest BCUT2D eigenvalue weighted by atomic mass is 16.5. The van der Waals surface area contributed by atoms with Gasteiger partial charge in [-0.3, -0.25) is 19.9 Å². The number of fused-ring (bicyclic) bond motifs is 1. The zero-order valence-electron chi connectivity index (χ0n) is 12.5. The van der Waals surface area contributed by atoms with Crippen LogP contribution in [0.15, 0.2) is 12.3 Å². The second-order valence-corrected chi connectivity index (χ2v) is 6.71. The molecule has 3 heterocycles. The Balaban J connectivity index is 1.51. The standard InChI is InChI=1S/C16H21N3O3/c20-15(18-21)12-7-11-2-5-19(9-13(11)17-8-12)14-1-3-16(14)4-6-22-10-16/h7-8,14,21H,1-6,9-10H2,(H,18,20)/t14-,16-/m0/s1. The fourth-order valence-electron chi connectivity index (χ4n) is 4.22. The van der Waals surface area contributed by atoms with Crippen molar-refractivity contribution in [1.82, 2.24) is 15.4 Å². The van der Waals surface area contributed by atoms with E-state index in [1.54, 1.807) is 11.7 Å². The first kappa shape index (κ1) is 14.1. The van der Waals surface area contributed by atoms with Crippen molar-refractivity contribution >= 4 is 5.91 Å². The van der Waals surface area contributed by atoms with Crippen molar-refractivity contribution in [2.75, 3.05) is 19.8 Å². The number of nitrogens with zero attached hydrogens (tertiary/aromatic N) is 2. The van der Waals surface area contributed by atoms with Gasteiger partial charge in [0.1, 0.15) is 0 Å². The molecule has 1 saturated carbocycles. The zero-order valence-corrected chi connectivity index (χ0v) is 12.5. The van der Waals surface area contributed by atoms with Crippen molar-refractivity contribution in [3.05, 3.63) is 29.1 Å². The molecule has 1 aliphatic carbocycles. The maximum atomic E-state index is 11.5. The van der Waals surface area contributed by atoms with E-state index < -0.39 is 5.91 Å². The summed E-state index contributed by atoms with van der Waals surface area (Å²) in [6.45, 7) is 3.66. The van der Waals surface area contributed by atoms with Crippen LogP contribution in [0, 0.1) is 5.41 Å². The Bertz CT molecular complexity index is 598. The minimum Gasteiger partial charge on any atom is -0.381 e. The molecule has 3 aliphatic rings. The second kappa shape index (κ2) is 5.30. The maximum Gasteiger partial charge on any atom is 0.276 e. The topological polar surface area (TPSA) is 74.7 Å². The third-order valence-electron chi connectivity index (χ3n) is 5.64. The lowest BCUT2D eigenvalue weighted by molar-refractivity contribution is -0.0393. The van der Waals surface area contributed by atoms with E-state index in [0.29, 0.717) is 17.0 Å². The van der Waals surface area contributed by atoms with Gasteiger partial charge in [-0.1, -0.05) is 0 Å². The Hall–Kier alpha value is -1.50.